The van der Waals surface area contributed by atoms with Gasteiger partial charge in [0, 0.05) is 0 Å². The van der Waals surface area contributed by atoms with Crippen LogP contribution < -0.4 is 0 Å². The molecule has 4 N–H and O–H groups in total. The van der Waals surface area contributed by atoms with Crippen LogP contribution in [0.15, 0.2) is 0 Å². The Labute approximate surface area is 118 Å². The molecule has 0 aliphatic carbocycles. The van der Waals surface area contributed by atoms with Crippen molar-refractivity contribution < 1.29 is 39.6 Å². The van der Waals surface area contributed by atoms with Gasteiger partial charge in [-0.3, -0.25) is 0 Å². The first-order valence-electron chi connectivity index (χ1n) is 5.34. The van der Waals surface area contributed by atoms with E-state index in [-0.39, 0.29) is 8.87 Å². The van der Waals surface area contributed by atoms with Gasteiger partial charge >= 0.3 is 118 Å². The molecule has 0 rings (SSSR count). The Bertz CT molecular complexity index is 333. The van der Waals surface area contributed by atoms with Crippen molar-refractivity contribution in [3.63, 3.8) is 0 Å². The predicted molar refractivity (Wildman–Crippen MR) is 62.1 cm³/mol. The van der Waals surface area contributed by atoms with Crippen LogP contribution in [0.5, 0.6) is 0 Å². The summed E-state index contributed by atoms with van der Waals surface area (Å²) in [6.45, 7) is 0. The van der Waals surface area contributed by atoms with Crippen LogP contribution in [0.2, 0.25) is 8.87 Å². The molecule has 0 aliphatic rings. The minimum atomic E-state index is -1.43. The molecule has 0 bridgehead atoms. The fraction of sp³-hybridized carbons (Fsp3) is 0.600. The summed E-state index contributed by atoms with van der Waals surface area (Å²) in [5.74, 6) is -6.88. The van der Waals surface area contributed by atoms with Gasteiger partial charge in [0.2, 0.25) is 0 Å². The monoisotopic (exact) mass is 382 g/mol. The Hall–Kier alpha value is -1.32. The zero-order chi connectivity index (χ0) is 15.0. The van der Waals surface area contributed by atoms with Gasteiger partial charge < -0.3 is 0 Å². The maximum absolute atomic E-state index is 10.8. The topological polar surface area (TPSA) is 149 Å². The first-order valence-corrected chi connectivity index (χ1v) is 9.37. The molecule has 0 saturated heterocycles. The number of hydrogen-bond acceptors (Lipinski definition) is 4. The molecule has 2 atom stereocenters. The molecule has 9 heteroatoms. The molecule has 0 amide bonds. The second-order valence-corrected chi connectivity index (χ2v) is 7.68. The molecule has 8 nitrogen and oxygen atoms in total. The Morgan fingerprint density at radius 1 is 0.737 bits per heavy atom. The maximum atomic E-state index is 10.8. The standard InChI is InChI=1S/2C5H7O4.Sn/c2*1-3(5(8)9)2-4(6)7;/h2*3H,1-2H2,(H,6,7)(H,8,9);. The van der Waals surface area contributed by atoms with Crippen molar-refractivity contribution in [2.75, 3.05) is 0 Å². The Morgan fingerprint density at radius 3 is 1.26 bits per heavy atom. The van der Waals surface area contributed by atoms with Gasteiger partial charge in [0.1, 0.15) is 0 Å². The summed E-state index contributed by atoms with van der Waals surface area (Å²) in [5, 5.41) is 34.7. The van der Waals surface area contributed by atoms with Crippen molar-refractivity contribution in [1.82, 2.24) is 0 Å². The van der Waals surface area contributed by atoms with E-state index in [1.54, 1.807) is 0 Å². The van der Waals surface area contributed by atoms with Crippen molar-refractivity contribution in [3.8, 4) is 0 Å². The zero-order valence-electron chi connectivity index (χ0n) is 9.90. The first-order chi connectivity index (χ1) is 8.73. The van der Waals surface area contributed by atoms with Crippen molar-refractivity contribution in [3.05, 3.63) is 0 Å². The third-order valence-electron chi connectivity index (χ3n) is 2.32. The fourth-order valence-corrected chi connectivity index (χ4v) is 5.63. The molecular weight excluding hydrogens is 367 g/mol. The number of carbonyl (C=O) groups is 4. The van der Waals surface area contributed by atoms with Gasteiger partial charge in [0.15, 0.2) is 0 Å². The summed E-state index contributed by atoms with van der Waals surface area (Å²) >= 11 is -1.43. The molecule has 19 heavy (non-hydrogen) atoms. The van der Waals surface area contributed by atoms with E-state index in [4.69, 9.17) is 20.4 Å². The van der Waals surface area contributed by atoms with Gasteiger partial charge in [0.05, 0.1) is 0 Å². The van der Waals surface area contributed by atoms with E-state index in [0.29, 0.717) is 0 Å². The molecule has 0 saturated carbocycles. The van der Waals surface area contributed by atoms with E-state index in [0.717, 1.165) is 0 Å². The minimum absolute atomic E-state index is 0.175. The number of carboxylic acids is 4. The van der Waals surface area contributed by atoms with E-state index in [1.807, 2.05) is 0 Å². The summed E-state index contributed by atoms with van der Waals surface area (Å²) < 4.78 is 0.350. The fourth-order valence-electron chi connectivity index (χ4n) is 1.35. The van der Waals surface area contributed by atoms with Gasteiger partial charge in [-0.05, 0) is 0 Å². The van der Waals surface area contributed by atoms with Crippen LogP contribution in [-0.2, 0) is 19.2 Å². The van der Waals surface area contributed by atoms with E-state index < -0.39 is 69.7 Å². The zero-order valence-corrected chi connectivity index (χ0v) is 12.8. The second-order valence-electron chi connectivity index (χ2n) is 3.92. The van der Waals surface area contributed by atoms with Crippen LogP contribution in [0.1, 0.15) is 12.8 Å². The summed E-state index contributed by atoms with van der Waals surface area (Å²) in [6.07, 6.45) is -0.986. The third-order valence-corrected chi connectivity index (χ3v) is 6.78. The normalized spacial score (nSPS) is 13.5. The molecule has 2 unspecified atom stereocenters. The molecule has 0 spiro atoms. The molecule has 0 heterocycles. The van der Waals surface area contributed by atoms with E-state index >= 15 is 0 Å². The van der Waals surface area contributed by atoms with Gasteiger partial charge in [-0.25, -0.2) is 0 Å². The first kappa shape index (κ1) is 17.7. The van der Waals surface area contributed by atoms with Crippen molar-refractivity contribution in [1.29, 1.82) is 0 Å². The van der Waals surface area contributed by atoms with Gasteiger partial charge in [-0.1, -0.05) is 0 Å². The summed E-state index contributed by atoms with van der Waals surface area (Å²) in [6, 6.07) is 0. The molecule has 0 aromatic carbocycles. The molecule has 0 aromatic heterocycles. The van der Waals surface area contributed by atoms with Gasteiger partial charge in [-0.15, -0.1) is 0 Å². The molecular formula is C10H14O8Sn. The average molecular weight is 381 g/mol. The molecule has 0 aromatic rings. The Kier molecular flexibility index (Phi) is 8.12. The van der Waals surface area contributed by atoms with Crippen molar-refractivity contribution >= 4 is 45.0 Å². The van der Waals surface area contributed by atoms with Crippen molar-refractivity contribution in [2.24, 2.45) is 11.8 Å². The van der Waals surface area contributed by atoms with E-state index in [2.05, 4.69) is 0 Å². The Morgan fingerprint density at radius 2 is 1.05 bits per heavy atom. The predicted octanol–water partition coefficient (Wildman–Crippen LogP) is -0.122. The third kappa shape index (κ3) is 8.40. The van der Waals surface area contributed by atoms with Crippen LogP contribution >= 0.6 is 0 Å². The summed E-state index contributed by atoms with van der Waals surface area (Å²) in [4.78, 5) is 42.4. The van der Waals surface area contributed by atoms with E-state index in [1.165, 1.54) is 0 Å². The van der Waals surface area contributed by atoms with Crippen LogP contribution in [0.3, 0.4) is 0 Å². The number of hydrogen-bond donors (Lipinski definition) is 4. The number of rotatable bonds is 10. The quantitative estimate of drug-likeness (QED) is 0.383. The SMILES string of the molecule is O=C(O)CC([CH2][Sn][CH2]C(CC(=O)O)C(=O)O)C(=O)O. The number of aliphatic carboxylic acids is 4. The van der Waals surface area contributed by atoms with Gasteiger partial charge in [0.25, 0.3) is 0 Å². The number of carboxylic acid groups (broad SMARTS) is 4. The second kappa shape index (κ2) is 8.72. The summed E-state index contributed by atoms with van der Waals surface area (Å²) in [7, 11) is 0. The summed E-state index contributed by atoms with van der Waals surface area (Å²) in [5.41, 5.74) is 0. The van der Waals surface area contributed by atoms with Crippen LogP contribution in [-0.4, -0.2) is 65.4 Å². The van der Waals surface area contributed by atoms with Crippen molar-refractivity contribution in [2.45, 2.75) is 21.7 Å². The molecule has 2 radical (unpaired) electrons. The average Bonchev–Trinajstić information content (AvgIpc) is 2.24. The van der Waals surface area contributed by atoms with Gasteiger partial charge in [-0.2, -0.15) is 0 Å². The van der Waals surface area contributed by atoms with Crippen LogP contribution in [0.4, 0.5) is 0 Å². The van der Waals surface area contributed by atoms with E-state index in [9.17, 15) is 19.2 Å². The molecule has 0 aliphatic heterocycles. The van der Waals surface area contributed by atoms with Crippen LogP contribution in [0, 0.1) is 11.8 Å². The van der Waals surface area contributed by atoms with Crippen LogP contribution in [0.25, 0.3) is 0 Å². The molecule has 106 valence electrons. The Balaban J connectivity index is 4.28. The molecule has 0 fully saturated rings.